The van der Waals surface area contributed by atoms with E-state index in [0.29, 0.717) is 6.61 Å². The molecule has 2 unspecified atom stereocenters. The van der Waals surface area contributed by atoms with E-state index in [1.54, 1.807) is 13.0 Å². The molecule has 0 aliphatic carbocycles. The van der Waals surface area contributed by atoms with Crippen molar-refractivity contribution in [2.45, 2.75) is 32.8 Å². The minimum absolute atomic E-state index is 0.194. The van der Waals surface area contributed by atoms with Gasteiger partial charge in [0.15, 0.2) is 0 Å². The lowest BCUT2D eigenvalue weighted by atomic mass is 10.0. The van der Waals surface area contributed by atoms with Crippen molar-refractivity contribution in [3.8, 4) is 0 Å². The molecule has 0 heterocycles. The van der Waals surface area contributed by atoms with Gasteiger partial charge in [-0.2, -0.15) is 0 Å². The summed E-state index contributed by atoms with van der Waals surface area (Å²) in [6.45, 7) is 7.69. The molecule has 0 aliphatic rings. The molecule has 0 saturated heterocycles. The van der Waals surface area contributed by atoms with Crippen molar-refractivity contribution in [3.05, 3.63) is 12.7 Å². The van der Waals surface area contributed by atoms with Crippen LogP contribution in [0.5, 0.6) is 0 Å². The summed E-state index contributed by atoms with van der Waals surface area (Å²) in [5.74, 6) is -1.25. The van der Waals surface area contributed by atoms with E-state index in [4.69, 9.17) is 9.84 Å². The molecule has 1 N–H and O–H groups in total. The second-order valence-corrected chi connectivity index (χ2v) is 2.99. The number of hydrogen-bond acceptors (Lipinski definition) is 2. The average Bonchev–Trinajstić information content (AvgIpc) is 2.11. The Morgan fingerprint density at radius 1 is 1.69 bits per heavy atom. The van der Waals surface area contributed by atoms with Gasteiger partial charge < -0.3 is 9.84 Å². The predicted molar refractivity (Wildman–Crippen MR) is 51.6 cm³/mol. The Balaban J connectivity index is 4.05. The fourth-order valence-corrected chi connectivity index (χ4v) is 1.13. The fraction of sp³-hybridized carbons (Fsp3) is 0.700. The number of ether oxygens (including phenoxy) is 1. The summed E-state index contributed by atoms with van der Waals surface area (Å²) < 4.78 is 5.34. The molecule has 0 spiro atoms. The first-order valence-electron chi connectivity index (χ1n) is 4.58. The molecule has 0 saturated carbocycles. The average molecular weight is 186 g/mol. The smallest absolute Gasteiger partial charge is 0.308 e. The zero-order valence-electron chi connectivity index (χ0n) is 8.32. The number of rotatable bonds is 7. The van der Waals surface area contributed by atoms with Gasteiger partial charge in [-0.05, 0) is 26.7 Å². The molecule has 0 radical (unpaired) electrons. The predicted octanol–water partition coefficient (Wildman–Crippen LogP) is 2.08. The maximum absolute atomic E-state index is 10.7. The summed E-state index contributed by atoms with van der Waals surface area (Å²) in [4.78, 5) is 10.7. The van der Waals surface area contributed by atoms with Crippen LogP contribution in [0.25, 0.3) is 0 Å². The molecule has 0 aromatic heterocycles. The number of carboxylic acids is 1. The first kappa shape index (κ1) is 12.2. The Morgan fingerprint density at radius 2 is 2.31 bits per heavy atom. The van der Waals surface area contributed by atoms with E-state index < -0.39 is 11.9 Å². The highest BCUT2D eigenvalue weighted by Crippen LogP contribution is 2.14. The topological polar surface area (TPSA) is 46.5 Å². The molecule has 3 heteroatoms. The van der Waals surface area contributed by atoms with Crippen LogP contribution in [0.4, 0.5) is 0 Å². The highest BCUT2D eigenvalue weighted by Gasteiger charge is 2.22. The van der Waals surface area contributed by atoms with Crippen molar-refractivity contribution >= 4 is 5.97 Å². The quantitative estimate of drug-likeness (QED) is 0.619. The summed E-state index contributed by atoms with van der Waals surface area (Å²) in [7, 11) is 0. The SMILES string of the molecule is C=CCCC(OCC)C(C)C(=O)O. The Kier molecular flexibility index (Phi) is 6.24. The van der Waals surface area contributed by atoms with Gasteiger partial charge in [-0.1, -0.05) is 6.08 Å². The van der Waals surface area contributed by atoms with Gasteiger partial charge in [-0.3, -0.25) is 4.79 Å². The van der Waals surface area contributed by atoms with Gasteiger partial charge in [0.25, 0.3) is 0 Å². The lowest BCUT2D eigenvalue weighted by Gasteiger charge is -2.19. The van der Waals surface area contributed by atoms with Crippen LogP contribution in [0, 0.1) is 5.92 Å². The van der Waals surface area contributed by atoms with Gasteiger partial charge in [-0.15, -0.1) is 6.58 Å². The van der Waals surface area contributed by atoms with Crippen LogP contribution >= 0.6 is 0 Å². The number of carboxylic acid groups (broad SMARTS) is 1. The first-order chi connectivity index (χ1) is 6.13. The fourth-order valence-electron chi connectivity index (χ4n) is 1.13. The highest BCUT2D eigenvalue weighted by molar-refractivity contribution is 5.70. The summed E-state index contributed by atoms with van der Waals surface area (Å²) in [6, 6.07) is 0. The van der Waals surface area contributed by atoms with E-state index in [2.05, 4.69) is 6.58 Å². The van der Waals surface area contributed by atoms with Gasteiger partial charge >= 0.3 is 5.97 Å². The van der Waals surface area contributed by atoms with Crippen molar-refractivity contribution in [2.24, 2.45) is 5.92 Å². The summed E-state index contributed by atoms with van der Waals surface area (Å²) >= 11 is 0. The Labute approximate surface area is 79.4 Å². The highest BCUT2D eigenvalue weighted by atomic mass is 16.5. The normalized spacial score (nSPS) is 14.9. The second kappa shape index (κ2) is 6.66. The molecule has 13 heavy (non-hydrogen) atoms. The van der Waals surface area contributed by atoms with Crippen molar-refractivity contribution < 1.29 is 14.6 Å². The lowest BCUT2D eigenvalue weighted by molar-refractivity contribution is -0.146. The molecule has 0 aromatic carbocycles. The Bertz CT molecular complexity index is 166. The molecule has 0 rings (SSSR count). The van der Waals surface area contributed by atoms with Crippen LogP contribution in [-0.4, -0.2) is 23.8 Å². The van der Waals surface area contributed by atoms with Gasteiger partial charge in [-0.25, -0.2) is 0 Å². The zero-order chi connectivity index (χ0) is 10.3. The van der Waals surface area contributed by atoms with E-state index in [1.165, 1.54) is 0 Å². The van der Waals surface area contributed by atoms with E-state index in [-0.39, 0.29) is 6.10 Å². The number of carbonyl (C=O) groups is 1. The monoisotopic (exact) mass is 186 g/mol. The largest absolute Gasteiger partial charge is 0.481 e. The van der Waals surface area contributed by atoms with Gasteiger partial charge in [0.1, 0.15) is 0 Å². The van der Waals surface area contributed by atoms with Crippen LogP contribution in [0.2, 0.25) is 0 Å². The molecule has 2 atom stereocenters. The molecule has 76 valence electrons. The summed E-state index contributed by atoms with van der Waals surface area (Å²) in [5, 5.41) is 8.77. The van der Waals surface area contributed by atoms with Crippen LogP contribution < -0.4 is 0 Å². The number of allylic oxidation sites excluding steroid dienone is 1. The van der Waals surface area contributed by atoms with E-state index in [1.807, 2.05) is 6.92 Å². The van der Waals surface area contributed by atoms with Crippen LogP contribution in [0.3, 0.4) is 0 Å². The standard InChI is InChI=1S/C10H18O3/c1-4-6-7-9(13-5-2)8(3)10(11)12/h4,8-9H,1,5-7H2,2-3H3,(H,11,12). The van der Waals surface area contributed by atoms with Crippen molar-refractivity contribution in [1.82, 2.24) is 0 Å². The molecule has 0 aromatic rings. The summed E-state index contributed by atoms with van der Waals surface area (Å²) in [6.07, 6.45) is 3.11. The van der Waals surface area contributed by atoms with Crippen LogP contribution in [-0.2, 0) is 9.53 Å². The second-order valence-electron chi connectivity index (χ2n) is 2.99. The lowest BCUT2D eigenvalue weighted by Crippen LogP contribution is -2.28. The Hall–Kier alpha value is -0.830. The molecular weight excluding hydrogens is 168 g/mol. The maximum atomic E-state index is 10.7. The molecule has 0 fully saturated rings. The third kappa shape index (κ3) is 4.68. The zero-order valence-corrected chi connectivity index (χ0v) is 8.32. The van der Waals surface area contributed by atoms with Crippen molar-refractivity contribution in [1.29, 1.82) is 0 Å². The van der Waals surface area contributed by atoms with Crippen molar-refractivity contribution in [2.75, 3.05) is 6.61 Å². The maximum Gasteiger partial charge on any atom is 0.308 e. The Morgan fingerprint density at radius 3 is 2.69 bits per heavy atom. The van der Waals surface area contributed by atoms with E-state index in [0.717, 1.165) is 12.8 Å². The van der Waals surface area contributed by atoms with E-state index >= 15 is 0 Å². The third-order valence-electron chi connectivity index (χ3n) is 1.98. The minimum Gasteiger partial charge on any atom is -0.481 e. The minimum atomic E-state index is -0.803. The first-order valence-corrected chi connectivity index (χ1v) is 4.58. The summed E-state index contributed by atoms with van der Waals surface area (Å²) in [5.41, 5.74) is 0. The third-order valence-corrected chi connectivity index (χ3v) is 1.98. The van der Waals surface area contributed by atoms with Crippen LogP contribution in [0.15, 0.2) is 12.7 Å². The molecular formula is C10H18O3. The van der Waals surface area contributed by atoms with Gasteiger partial charge in [0.05, 0.1) is 12.0 Å². The number of aliphatic carboxylic acids is 1. The molecule has 3 nitrogen and oxygen atoms in total. The number of hydrogen-bond donors (Lipinski definition) is 1. The van der Waals surface area contributed by atoms with E-state index in [9.17, 15) is 4.79 Å². The molecule has 0 amide bonds. The molecule has 0 bridgehead atoms. The van der Waals surface area contributed by atoms with Crippen molar-refractivity contribution in [3.63, 3.8) is 0 Å². The van der Waals surface area contributed by atoms with Gasteiger partial charge in [0, 0.05) is 6.61 Å². The van der Waals surface area contributed by atoms with Gasteiger partial charge in [0.2, 0.25) is 0 Å². The molecule has 0 aliphatic heterocycles. The van der Waals surface area contributed by atoms with Crippen LogP contribution in [0.1, 0.15) is 26.7 Å².